The number of benzene rings is 2. The van der Waals surface area contributed by atoms with Crippen LogP contribution in [-0.2, 0) is 13.1 Å². The molecule has 2 aromatic heterocycles. The van der Waals surface area contributed by atoms with Crippen LogP contribution in [0.2, 0.25) is 0 Å². The van der Waals surface area contributed by atoms with E-state index in [4.69, 9.17) is 10.3 Å². The summed E-state index contributed by atoms with van der Waals surface area (Å²) in [5, 5.41) is 8.94. The zero-order valence-electron chi connectivity index (χ0n) is 17.6. The number of aryl methyl sites for hydroxylation is 1. The van der Waals surface area contributed by atoms with Crippen molar-refractivity contribution in [2.45, 2.75) is 20.0 Å². The maximum Gasteiger partial charge on any atom is 0.251 e. The minimum absolute atomic E-state index is 0.0639. The van der Waals surface area contributed by atoms with Gasteiger partial charge < -0.3 is 4.57 Å². The molecule has 0 unspecified atom stereocenters. The molecule has 0 N–H and O–H groups in total. The lowest BCUT2D eigenvalue weighted by Crippen LogP contribution is -2.19. The Hall–Kier alpha value is -4.30. The van der Waals surface area contributed by atoms with Gasteiger partial charge in [0.25, 0.3) is 5.56 Å². The number of aliphatic imine (C=N–C) groups is 1. The molecule has 1 aliphatic heterocycles. The van der Waals surface area contributed by atoms with Crippen LogP contribution in [0.15, 0.2) is 88.9 Å². The third-order valence-corrected chi connectivity index (χ3v) is 5.71. The average molecular weight is 416 g/mol. The molecule has 5 heteroatoms. The second-order valence-corrected chi connectivity index (χ2v) is 7.91. The molecule has 0 bridgehead atoms. The van der Waals surface area contributed by atoms with E-state index in [0.29, 0.717) is 18.7 Å². The van der Waals surface area contributed by atoms with Crippen molar-refractivity contribution in [1.29, 1.82) is 5.26 Å². The lowest BCUT2D eigenvalue weighted by atomic mass is 9.96. The Morgan fingerprint density at radius 3 is 2.53 bits per heavy atom. The summed E-state index contributed by atoms with van der Waals surface area (Å²) >= 11 is 0. The summed E-state index contributed by atoms with van der Waals surface area (Å²) in [5.74, 6) is 0. The summed E-state index contributed by atoms with van der Waals surface area (Å²) in [7, 11) is 0. The predicted octanol–water partition coefficient (Wildman–Crippen LogP) is 4.49. The first kappa shape index (κ1) is 19.7. The Labute approximate surface area is 186 Å². The van der Waals surface area contributed by atoms with Gasteiger partial charge in [-0.2, -0.15) is 5.26 Å². The highest BCUT2D eigenvalue weighted by Gasteiger charge is 2.18. The van der Waals surface area contributed by atoms with E-state index < -0.39 is 0 Å². The molecule has 5 nitrogen and oxygen atoms in total. The van der Waals surface area contributed by atoms with Gasteiger partial charge >= 0.3 is 0 Å². The first-order valence-electron chi connectivity index (χ1n) is 10.4. The van der Waals surface area contributed by atoms with Crippen molar-refractivity contribution in [3.8, 4) is 17.2 Å². The van der Waals surface area contributed by atoms with Crippen LogP contribution in [0.25, 0.3) is 11.1 Å². The van der Waals surface area contributed by atoms with E-state index in [1.165, 1.54) is 5.56 Å². The number of nitriles is 1. The van der Waals surface area contributed by atoms with E-state index in [1.807, 2.05) is 49.6 Å². The Bertz CT molecular complexity index is 1460. The van der Waals surface area contributed by atoms with E-state index in [1.54, 1.807) is 22.8 Å². The van der Waals surface area contributed by atoms with E-state index in [-0.39, 0.29) is 5.56 Å². The molecule has 154 valence electrons. The Kier molecular flexibility index (Phi) is 4.97. The zero-order valence-corrected chi connectivity index (χ0v) is 17.6. The van der Waals surface area contributed by atoms with Gasteiger partial charge in [-0.15, -0.1) is 0 Å². The van der Waals surface area contributed by atoms with Crippen molar-refractivity contribution in [1.82, 2.24) is 9.55 Å². The molecule has 0 atom stereocenters. The van der Waals surface area contributed by atoms with Crippen molar-refractivity contribution >= 4 is 5.71 Å². The quantitative estimate of drug-likeness (QED) is 0.492. The van der Waals surface area contributed by atoms with E-state index in [9.17, 15) is 4.79 Å². The molecule has 0 saturated carbocycles. The van der Waals surface area contributed by atoms with Crippen LogP contribution in [-0.4, -0.2) is 15.3 Å². The van der Waals surface area contributed by atoms with Gasteiger partial charge in [-0.1, -0.05) is 24.3 Å². The van der Waals surface area contributed by atoms with Gasteiger partial charge in [0.05, 0.1) is 30.4 Å². The summed E-state index contributed by atoms with van der Waals surface area (Å²) < 4.78 is 1.67. The molecule has 0 aliphatic carbocycles. The first-order chi connectivity index (χ1) is 15.6. The fourth-order valence-corrected chi connectivity index (χ4v) is 4.00. The summed E-state index contributed by atoms with van der Waals surface area (Å²) in [4.78, 5) is 21.8. The number of pyridine rings is 2. The maximum absolute atomic E-state index is 12.8. The van der Waals surface area contributed by atoms with Gasteiger partial charge in [-0.25, -0.2) is 0 Å². The highest BCUT2D eigenvalue weighted by Crippen LogP contribution is 2.28. The summed E-state index contributed by atoms with van der Waals surface area (Å²) in [6.45, 7) is 3.11. The molecule has 0 spiro atoms. The largest absolute Gasteiger partial charge is 0.311 e. The fraction of sp³-hybridized carbons (Fsp3) is 0.111. The third-order valence-electron chi connectivity index (χ3n) is 5.71. The highest BCUT2D eigenvalue weighted by molar-refractivity contribution is 6.15. The lowest BCUT2D eigenvalue weighted by molar-refractivity contribution is 0.760. The predicted molar refractivity (Wildman–Crippen MR) is 125 cm³/mol. The summed E-state index contributed by atoms with van der Waals surface area (Å²) in [5.41, 5.74) is 8.68. The first-order valence-corrected chi connectivity index (χ1v) is 10.4. The molecule has 32 heavy (non-hydrogen) atoms. The van der Waals surface area contributed by atoms with Crippen molar-refractivity contribution in [2.24, 2.45) is 4.99 Å². The van der Waals surface area contributed by atoms with Crippen molar-refractivity contribution in [2.75, 3.05) is 0 Å². The second kappa shape index (κ2) is 8.09. The monoisotopic (exact) mass is 416 g/mol. The van der Waals surface area contributed by atoms with Gasteiger partial charge in [0.15, 0.2) is 0 Å². The Morgan fingerprint density at radius 2 is 1.78 bits per heavy atom. The molecule has 0 fully saturated rings. The van der Waals surface area contributed by atoms with Crippen LogP contribution in [0.1, 0.15) is 33.5 Å². The normalized spacial score (nSPS) is 12.2. The van der Waals surface area contributed by atoms with Gasteiger partial charge in [-0.05, 0) is 65.6 Å². The van der Waals surface area contributed by atoms with E-state index >= 15 is 0 Å². The lowest BCUT2D eigenvalue weighted by Gasteiger charge is -2.10. The molecule has 5 rings (SSSR count). The standard InChI is InChI=1S/C27H20N4O/c1-18-12-23(8-10-29-18)27-25-13-21(6-7-24(25)16-30-27)22-9-11-31(26(32)14-22)17-20-4-2-19(15-28)3-5-20/h2-14H,16-17H2,1H3. The number of rotatable bonds is 4. The molecular formula is C27H20N4O. The van der Waals surface area contributed by atoms with Crippen molar-refractivity contribution < 1.29 is 0 Å². The number of hydrogen-bond donors (Lipinski definition) is 0. The topological polar surface area (TPSA) is 71.0 Å². The van der Waals surface area contributed by atoms with Crippen LogP contribution in [0.3, 0.4) is 0 Å². The van der Waals surface area contributed by atoms with Crippen LogP contribution in [0.5, 0.6) is 0 Å². The smallest absolute Gasteiger partial charge is 0.251 e. The molecular weight excluding hydrogens is 396 g/mol. The number of hydrogen-bond acceptors (Lipinski definition) is 4. The Morgan fingerprint density at radius 1 is 0.969 bits per heavy atom. The summed E-state index contributed by atoms with van der Waals surface area (Å²) in [6.07, 6.45) is 3.63. The van der Waals surface area contributed by atoms with Gasteiger partial charge in [0.1, 0.15) is 0 Å². The molecule has 4 aromatic rings. The molecule has 0 saturated heterocycles. The highest BCUT2D eigenvalue weighted by atomic mass is 16.1. The molecule has 0 radical (unpaired) electrons. The molecule has 2 aromatic carbocycles. The average Bonchev–Trinajstić information content (AvgIpc) is 3.24. The SMILES string of the molecule is Cc1cc(C2=NCc3ccc(-c4ccn(Cc5ccc(C#N)cc5)c(=O)c4)cc32)ccn1. The number of aromatic nitrogens is 2. The fourth-order valence-electron chi connectivity index (χ4n) is 4.00. The second-order valence-electron chi connectivity index (χ2n) is 7.91. The van der Waals surface area contributed by atoms with Crippen LogP contribution < -0.4 is 5.56 Å². The molecule has 0 amide bonds. The molecule has 3 heterocycles. The van der Waals surface area contributed by atoms with Gasteiger partial charge in [-0.3, -0.25) is 14.8 Å². The van der Waals surface area contributed by atoms with Crippen LogP contribution >= 0.6 is 0 Å². The molecule has 1 aliphatic rings. The van der Waals surface area contributed by atoms with Crippen molar-refractivity contribution in [3.63, 3.8) is 0 Å². The Balaban J connectivity index is 1.44. The number of nitrogens with zero attached hydrogens (tertiary/aromatic N) is 4. The van der Waals surface area contributed by atoms with Gasteiger partial charge in [0, 0.05) is 35.3 Å². The van der Waals surface area contributed by atoms with Crippen molar-refractivity contribution in [3.05, 3.63) is 123 Å². The van der Waals surface area contributed by atoms with E-state index in [2.05, 4.69) is 29.3 Å². The minimum Gasteiger partial charge on any atom is -0.311 e. The third kappa shape index (κ3) is 3.75. The maximum atomic E-state index is 12.8. The van der Waals surface area contributed by atoms with Crippen LogP contribution in [0.4, 0.5) is 0 Å². The number of fused-ring (bicyclic) bond motifs is 1. The minimum atomic E-state index is -0.0639. The van der Waals surface area contributed by atoms with Gasteiger partial charge in [0.2, 0.25) is 0 Å². The van der Waals surface area contributed by atoms with E-state index in [0.717, 1.165) is 39.2 Å². The summed E-state index contributed by atoms with van der Waals surface area (Å²) in [6, 6.07) is 23.3. The zero-order chi connectivity index (χ0) is 22.1. The van der Waals surface area contributed by atoms with Crippen LogP contribution in [0, 0.1) is 18.3 Å².